The number of aromatic carboxylic acids is 1. The van der Waals surface area contributed by atoms with Crippen molar-refractivity contribution in [3.8, 4) is 11.5 Å². The molecule has 0 N–H and O–H groups in total. The fraction of sp³-hybridized carbons (Fsp3) is 0.0952. The molecule has 0 heterocycles. The van der Waals surface area contributed by atoms with Crippen LogP contribution in [0.15, 0.2) is 78.9 Å². The van der Waals surface area contributed by atoms with E-state index in [4.69, 9.17) is 9.47 Å². The first kappa shape index (κ1) is 16.6. The van der Waals surface area contributed by atoms with Crippen molar-refractivity contribution in [2.75, 3.05) is 0 Å². The predicted octanol–water partition coefficient (Wildman–Crippen LogP) is 3.21. The van der Waals surface area contributed by atoms with Crippen LogP contribution in [-0.4, -0.2) is 5.97 Å². The largest absolute Gasteiger partial charge is 0.545 e. The molecule has 4 heteroatoms. The Balaban J connectivity index is 1.73. The zero-order chi connectivity index (χ0) is 17.5. The van der Waals surface area contributed by atoms with Crippen molar-refractivity contribution in [1.29, 1.82) is 0 Å². The summed E-state index contributed by atoms with van der Waals surface area (Å²) in [5.74, 6) is -0.419. The van der Waals surface area contributed by atoms with E-state index in [-0.39, 0.29) is 5.56 Å². The Bertz CT molecular complexity index is 767. The molecule has 0 bridgehead atoms. The van der Waals surface area contributed by atoms with Gasteiger partial charge in [-0.2, -0.15) is 0 Å². The van der Waals surface area contributed by atoms with Crippen LogP contribution in [0.1, 0.15) is 21.5 Å². The third-order valence-corrected chi connectivity index (χ3v) is 3.61. The normalized spacial score (nSPS) is 10.2. The minimum atomic E-state index is -1.27. The van der Waals surface area contributed by atoms with E-state index in [0.717, 1.165) is 11.1 Å². The monoisotopic (exact) mass is 333 g/mol. The van der Waals surface area contributed by atoms with Gasteiger partial charge in [0.05, 0.1) is 5.97 Å². The maximum absolute atomic E-state index is 11.2. The third-order valence-electron chi connectivity index (χ3n) is 3.61. The smallest absolute Gasteiger partial charge is 0.124 e. The van der Waals surface area contributed by atoms with Crippen LogP contribution in [0.2, 0.25) is 0 Å². The van der Waals surface area contributed by atoms with Crippen molar-refractivity contribution in [3.63, 3.8) is 0 Å². The maximum Gasteiger partial charge on any atom is 0.124 e. The fourth-order valence-corrected chi connectivity index (χ4v) is 2.34. The van der Waals surface area contributed by atoms with Crippen LogP contribution in [-0.2, 0) is 13.2 Å². The van der Waals surface area contributed by atoms with E-state index in [2.05, 4.69) is 0 Å². The molecule has 4 nitrogen and oxygen atoms in total. The molecule has 3 rings (SSSR count). The lowest BCUT2D eigenvalue weighted by Gasteiger charge is -2.13. The van der Waals surface area contributed by atoms with Gasteiger partial charge < -0.3 is 19.4 Å². The summed E-state index contributed by atoms with van der Waals surface area (Å²) in [5.41, 5.74) is 2.01. The van der Waals surface area contributed by atoms with Gasteiger partial charge in [-0.3, -0.25) is 0 Å². The summed E-state index contributed by atoms with van der Waals surface area (Å²) in [6.07, 6.45) is 0. The van der Waals surface area contributed by atoms with E-state index in [1.54, 1.807) is 6.07 Å². The summed E-state index contributed by atoms with van der Waals surface area (Å²) in [4.78, 5) is 11.2. The number of carboxylic acid groups (broad SMARTS) is 1. The average molecular weight is 333 g/mol. The van der Waals surface area contributed by atoms with Gasteiger partial charge in [-0.1, -0.05) is 60.7 Å². The molecule has 3 aromatic rings. The Morgan fingerprint density at radius 2 is 1.16 bits per heavy atom. The third kappa shape index (κ3) is 4.85. The van der Waals surface area contributed by atoms with Crippen LogP contribution in [0.25, 0.3) is 0 Å². The van der Waals surface area contributed by atoms with Gasteiger partial charge in [0.1, 0.15) is 24.7 Å². The van der Waals surface area contributed by atoms with Crippen molar-refractivity contribution in [3.05, 3.63) is 95.6 Å². The van der Waals surface area contributed by atoms with Gasteiger partial charge in [0.25, 0.3) is 0 Å². The molecule has 25 heavy (non-hydrogen) atoms. The Morgan fingerprint density at radius 3 is 1.56 bits per heavy atom. The highest BCUT2D eigenvalue weighted by Gasteiger charge is 2.05. The van der Waals surface area contributed by atoms with Gasteiger partial charge in [0.15, 0.2) is 0 Å². The number of benzene rings is 3. The molecule has 0 unspecified atom stereocenters. The van der Waals surface area contributed by atoms with Crippen LogP contribution in [0.3, 0.4) is 0 Å². The number of carbonyl (C=O) groups is 1. The van der Waals surface area contributed by atoms with Crippen LogP contribution in [0, 0.1) is 0 Å². The number of ether oxygens (including phenoxy) is 2. The summed E-state index contributed by atoms with van der Waals surface area (Å²) in [5, 5.41) is 11.2. The lowest BCUT2D eigenvalue weighted by atomic mass is 10.2. The molecule has 0 saturated carbocycles. The molecule has 126 valence electrons. The highest BCUT2D eigenvalue weighted by atomic mass is 16.5. The van der Waals surface area contributed by atoms with E-state index in [1.165, 1.54) is 12.1 Å². The first-order valence-electron chi connectivity index (χ1n) is 7.90. The summed E-state index contributed by atoms with van der Waals surface area (Å²) < 4.78 is 11.4. The van der Waals surface area contributed by atoms with Gasteiger partial charge in [0.2, 0.25) is 0 Å². The van der Waals surface area contributed by atoms with Crippen molar-refractivity contribution in [1.82, 2.24) is 0 Å². The highest BCUT2D eigenvalue weighted by molar-refractivity contribution is 5.86. The molecule has 0 saturated heterocycles. The van der Waals surface area contributed by atoms with Gasteiger partial charge in [-0.25, -0.2) is 0 Å². The summed E-state index contributed by atoms with van der Waals surface area (Å²) in [6, 6.07) is 23.9. The maximum atomic E-state index is 11.2. The zero-order valence-corrected chi connectivity index (χ0v) is 13.6. The zero-order valence-electron chi connectivity index (χ0n) is 13.6. The molecule has 0 aliphatic heterocycles. The van der Waals surface area contributed by atoms with Crippen molar-refractivity contribution in [2.24, 2.45) is 0 Å². The van der Waals surface area contributed by atoms with E-state index in [9.17, 15) is 9.90 Å². The first-order chi connectivity index (χ1) is 12.2. The quantitative estimate of drug-likeness (QED) is 0.666. The van der Waals surface area contributed by atoms with Crippen molar-refractivity contribution < 1.29 is 19.4 Å². The Hall–Kier alpha value is -3.27. The van der Waals surface area contributed by atoms with Crippen LogP contribution in [0.5, 0.6) is 11.5 Å². The lowest BCUT2D eigenvalue weighted by Crippen LogP contribution is -2.22. The number of carbonyl (C=O) groups excluding carboxylic acids is 1. The predicted molar refractivity (Wildman–Crippen MR) is 92.3 cm³/mol. The molecule has 0 spiro atoms. The van der Waals surface area contributed by atoms with Crippen LogP contribution >= 0.6 is 0 Å². The summed E-state index contributed by atoms with van der Waals surface area (Å²) in [6.45, 7) is 0.685. The molecule has 0 radical (unpaired) electrons. The lowest BCUT2D eigenvalue weighted by molar-refractivity contribution is -0.255. The number of carboxylic acids is 1. The molecular weight excluding hydrogens is 316 g/mol. The molecule has 0 aliphatic rings. The topological polar surface area (TPSA) is 58.6 Å². The molecule has 0 atom stereocenters. The second kappa shape index (κ2) is 8.02. The molecule has 0 aliphatic carbocycles. The van der Waals surface area contributed by atoms with Crippen LogP contribution < -0.4 is 14.6 Å². The standard InChI is InChI=1S/C21H18O4/c22-21(23)18-11-19(24-14-16-7-3-1-4-8-16)13-20(12-18)25-15-17-9-5-2-6-10-17/h1-13H,14-15H2,(H,22,23)/p-1. The second-order valence-electron chi connectivity index (χ2n) is 5.53. The van der Waals surface area contributed by atoms with Gasteiger partial charge in [0, 0.05) is 11.6 Å². The Labute approximate surface area is 146 Å². The van der Waals surface area contributed by atoms with Crippen molar-refractivity contribution in [2.45, 2.75) is 13.2 Å². The number of rotatable bonds is 7. The second-order valence-corrected chi connectivity index (χ2v) is 5.53. The number of hydrogen-bond acceptors (Lipinski definition) is 4. The van der Waals surface area contributed by atoms with E-state index >= 15 is 0 Å². The first-order valence-corrected chi connectivity index (χ1v) is 7.90. The van der Waals surface area contributed by atoms with E-state index in [1.807, 2.05) is 60.7 Å². The number of hydrogen-bond donors (Lipinski definition) is 0. The van der Waals surface area contributed by atoms with Gasteiger partial charge in [-0.15, -0.1) is 0 Å². The van der Waals surface area contributed by atoms with Gasteiger partial charge >= 0.3 is 0 Å². The van der Waals surface area contributed by atoms with Crippen LogP contribution in [0.4, 0.5) is 0 Å². The van der Waals surface area contributed by atoms with Crippen molar-refractivity contribution >= 4 is 5.97 Å². The van der Waals surface area contributed by atoms with E-state index in [0.29, 0.717) is 24.7 Å². The summed E-state index contributed by atoms with van der Waals surface area (Å²) >= 11 is 0. The minimum Gasteiger partial charge on any atom is -0.545 e. The van der Waals surface area contributed by atoms with Gasteiger partial charge in [-0.05, 0) is 23.3 Å². The molecule has 0 amide bonds. The van der Waals surface area contributed by atoms with E-state index < -0.39 is 5.97 Å². The molecule has 3 aromatic carbocycles. The molecule has 0 aromatic heterocycles. The molecule has 0 fully saturated rings. The minimum absolute atomic E-state index is 0.0219. The Morgan fingerprint density at radius 1 is 0.720 bits per heavy atom. The SMILES string of the molecule is O=C([O-])c1cc(OCc2ccccc2)cc(OCc2ccccc2)c1. The summed E-state index contributed by atoms with van der Waals surface area (Å²) in [7, 11) is 0. The highest BCUT2D eigenvalue weighted by Crippen LogP contribution is 2.24. The average Bonchev–Trinajstić information content (AvgIpc) is 2.66. The fourth-order valence-electron chi connectivity index (χ4n) is 2.34. The Kier molecular flexibility index (Phi) is 5.32. The molecular formula is C21H17O4-.